The van der Waals surface area contributed by atoms with Crippen LogP contribution >= 0.6 is 11.8 Å². The Morgan fingerprint density at radius 3 is 2.71 bits per heavy atom. The summed E-state index contributed by atoms with van der Waals surface area (Å²) in [4.78, 5) is 1.28. The summed E-state index contributed by atoms with van der Waals surface area (Å²) in [5, 5.41) is 0. The smallest absolute Gasteiger partial charge is 0.0968 e. The molecule has 2 nitrogen and oxygen atoms in total. The van der Waals surface area contributed by atoms with Gasteiger partial charge in [-0.05, 0) is 18.6 Å². The van der Waals surface area contributed by atoms with Gasteiger partial charge in [-0.3, -0.25) is 0 Å². The topological polar surface area (TPSA) is 18.5 Å². The lowest BCUT2D eigenvalue weighted by molar-refractivity contribution is 0.0953. The molecule has 0 radical (unpaired) electrons. The second kappa shape index (κ2) is 6.87. The van der Waals surface area contributed by atoms with Crippen molar-refractivity contribution in [2.45, 2.75) is 11.8 Å². The molecule has 78 valence electrons. The fourth-order valence-corrected chi connectivity index (χ4v) is 1.82. The fraction of sp³-hybridized carbons (Fsp3) is 0.455. The predicted molar refractivity (Wildman–Crippen MR) is 59.7 cm³/mol. The first-order valence-electron chi connectivity index (χ1n) is 4.59. The van der Waals surface area contributed by atoms with Gasteiger partial charge in [0.05, 0.1) is 19.2 Å². The van der Waals surface area contributed by atoms with Crippen molar-refractivity contribution >= 4 is 11.8 Å². The zero-order chi connectivity index (χ0) is 10.2. The van der Waals surface area contributed by atoms with Crippen molar-refractivity contribution in [2.24, 2.45) is 0 Å². The molecule has 0 unspecified atom stereocenters. The zero-order valence-corrected chi connectivity index (χ0v) is 9.47. The summed E-state index contributed by atoms with van der Waals surface area (Å²) in [6.45, 7) is 3.43. The number of thioether (sulfide) groups is 1. The number of ether oxygens (including phenoxy) is 2. The third-order valence-corrected chi connectivity index (χ3v) is 2.88. The van der Waals surface area contributed by atoms with Crippen molar-refractivity contribution in [1.29, 1.82) is 0 Å². The Kier molecular flexibility index (Phi) is 5.68. The quantitative estimate of drug-likeness (QED) is 0.410. The van der Waals surface area contributed by atoms with Crippen LogP contribution in [-0.2, 0) is 9.47 Å². The third kappa shape index (κ3) is 4.13. The average molecular weight is 212 g/mol. The van der Waals surface area contributed by atoms with Gasteiger partial charge in [0.1, 0.15) is 0 Å². The molecule has 3 heteroatoms. The second-order valence-corrected chi connectivity index (χ2v) is 3.89. The van der Waals surface area contributed by atoms with Crippen molar-refractivity contribution in [1.82, 2.24) is 0 Å². The van der Waals surface area contributed by atoms with E-state index >= 15 is 0 Å². The first kappa shape index (κ1) is 11.6. The van der Waals surface area contributed by atoms with Crippen LogP contribution in [-0.4, -0.2) is 26.3 Å². The molecule has 1 aromatic carbocycles. The minimum absolute atomic E-state index is 0.661. The fourth-order valence-electron chi connectivity index (χ4n) is 1.02. The van der Waals surface area contributed by atoms with Gasteiger partial charge in [-0.25, -0.2) is 0 Å². The molecule has 1 rings (SSSR count). The number of aryl methyl sites for hydroxylation is 1. The summed E-state index contributed by atoms with van der Waals surface area (Å²) in [5.41, 5.74) is 1.30. The molecular formula is C11H16O2S. The molecule has 0 atom stereocenters. The van der Waals surface area contributed by atoms with Gasteiger partial charge in [0.25, 0.3) is 0 Å². The number of hydrogen-bond donors (Lipinski definition) is 0. The molecule has 14 heavy (non-hydrogen) atoms. The van der Waals surface area contributed by atoms with E-state index in [-0.39, 0.29) is 0 Å². The number of rotatable bonds is 6. The predicted octanol–water partition coefficient (Wildman–Crippen LogP) is 2.71. The molecule has 0 N–H and O–H groups in total. The van der Waals surface area contributed by atoms with Crippen molar-refractivity contribution in [2.75, 3.05) is 26.3 Å². The Labute approximate surface area is 89.6 Å². The summed E-state index contributed by atoms with van der Waals surface area (Å²) >= 11 is 1.72. The molecule has 0 amide bonds. The third-order valence-electron chi connectivity index (χ3n) is 1.82. The van der Waals surface area contributed by atoms with Gasteiger partial charge >= 0.3 is 0 Å². The first-order valence-corrected chi connectivity index (χ1v) is 5.58. The van der Waals surface area contributed by atoms with Gasteiger partial charge in [-0.15, -0.1) is 0 Å². The number of methoxy groups -OCH3 is 1. The maximum atomic E-state index is 5.37. The SMILES string of the molecule is COCCOCSc1ccccc1C. The van der Waals surface area contributed by atoms with Crippen LogP contribution in [0.3, 0.4) is 0 Å². The monoisotopic (exact) mass is 212 g/mol. The summed E-state index contributed by atoms with van der Waals surface area (Å²) < 4.78 is 10.3. The van der Waals surface area contributed by atoms with E-state index in [4.69, 9.17) is 9.47 Å². The van der Waals surface area contributed by atoms with Gasteiger partial charge in [0, 0.05) is 12.0 Å². The Morgan fingerprint density at radius 2 is 2.00 bits per heavy atom. The largest absolute Gasteiger partial charge is 0.382 e. The lowest BCUT2D eigenvalue weighted by atomic mass is 10.2. The number of hydrogen-bond acceptors (Lipinski definition) is 3. The van der Waals surface area contributed by atoms with E-state index in [1.165, 1.54) is 10.5 Å². The Hall–Kier alpha value is -0.510. The summed E-state index contributed by atoms with van der Waals surface area (Å²) in [6.07, 6.45) is 0. The van der Waals surface area contributed by atoms with E-state index in [0.29, 0.717) is 19.2 Å². The van der Waals surface area contributed by atoms with Crippen molar-refractivity contribution in [3.05, 3.63) is 29.8 Å². The molecule has 0 aliphatic heterocycles. The van der Waals surface area contributed by atoms with Gasteiger partial charge in [-0.2, -0.15) is 0 Å². The minimum Gasteiger partial charge on any atom is -0.382 e. The Morgan fingerprint density at radius 1 is 1.21 bits per heavy atom. The second-order valence-electron chi connectivity index (χ2n) is 2.93. The van der Waals surface area contributed by atoms with Crippen molar-refractivity contribution in [3.63, 3.8) is 0 Å². The van der Waals surface area contributed by atoms with Crippen LogP contribution in [0.2, 0.25) is 0 Å². The number of benzene rings is 1. The summed E-state index contributed by atoms with van der Waals surface area (Å²) in [7, 11) is 1.68. The highest BCUT2D eigenvalue weighted by atomic mass is 32.2. The normalized spacial score (nSPS) is 10.4. The highest BCUT2D eigenvalue weighted by molar-refractivity contribution is 7.99. The van der Waals surface area contributed by atoms with Crippen LogP contribution < -0.4 is 0 Å². The van der Waals surface area contributed by atoms with Gasteiger partial charge in [0.15, 0.2) is 0 Å². The van der Waals surface area contributed by atoms with Crippen molar-refractivity contribution in [3.8, 4) is 0 Å². The van der Waals surface area contributed by atoms with E-state index < -0.39 is 0 Å². The van der Waals surface area contributed by atoms with Gasteiger partial charge in [-0.1, -0.05) is 30.0 Å². The first-order chi connectivity index (χ1) is 6.84. The summed E-state index contributed by atoms with van der Waals surface area (Å²) in [6, 6.07) is 8.31. The lowest BCUT2D eigenvalue weighted by Gasteiger charge is -2.05. The van der Waals surface area contributed by atoms with Gasteiger partial charge in [0.2, 0.25) is 0 Å². The average Bonchev–Trinajstić information content (AvgIpc) is 2.20. The molecule has 0 saturated carbocycles. The maximum Gasteiger partial charge on any atom is 0.0968 e. The van der Waals surface area contributed by atoms with Gasteiger partial charge < -0.3 is 9.47 Å². The molecule has 0 spiro atoms. The molecule has 0 aromatic heterocycles. The van der Waals surface area contributed by atoms with Crippen LogP contribution in [0, 0.1) is 6.92 Å². The zero-order valence-electron chi connectivity index (χ0n) is 8.66. The molecule has 0 bridgehead atoms. The summed E-state index contributed by atoms with van der Waals surface area (Å²) in [5.74, 6) is 0.689. The highest BCUT2D eigenvalue weighted by Gasteiger charge is 1.96. The van der Waals surface area contributed by atoms with Crippen LogP contribution in [0.5, 0.6) is 0 Å². The van der Waals surface area contributed by atoms with Crippen LogP contribution in [0.4, 0.5) is 0 Å². The minimum atomic E-state index is 0.661. The molecular weight excluding hydrogens is 196 g/mol. The highest BCUT2D eigenvalue weighted by Crippen LogP contribution is 2.21. The molecule has 0 aliphatic rings. The van der Waals surface area contributed by atoms with E-state index in [1.807, 2.05) is 12.1 Å². The lowest BCUT2D eigenvalue weighted by Crippen LogP contribution is -2.00. The molecule has 0 fully saturated rings. The van der Waals surface area contributed by atoms with Crippen LogP contribution in [0.15, 0.2) is 29.2 Å². The standard InChI is InChI=1S/C11H16O2S/c1-10-5-3-4-6-11(10)14-9-13-8-7-12-2/h3-6H,7-9H2,1-2H3. The van der Waals surface area contributed by atoms with Crippen LogP contribution in [0.25, 0.3) is 0 Å². The van der Waals surface area contributed by atoms with E-state index in [2.05, 4.69) is 19.1 Å². The Balaban J connectivity index is 2.21. The van der Waals surface area contributed by atoms with E-state index in [1.54, 1.807) is 18.9 Å². The van der Waals surface area contributed by atoms with E-state index in [9.17, 15) is 0 Å². The van der Waals surface area contributed by atoms with E-state index in [0.717, 1.165) is 0 Å². The molecule has 1 aromatic rings. The molecule has 0 heterocycles. The maximum absolute atomic E-state index is 5.37. The van der Waals surface area contributed by atoms with Crippen LogP contribution in [0.1, 0.15) is 5.56 Å². The Bertz CT molecular complexity index is 263. The van der Waals surface area contributed by atoms with Crippen molar-refractivity contribution < 1.29 is 9.47 Å². The molecule has 0 aliphatic carbocycles. The molecule has 0 saturated heterocycles.